The van der Waals surface area contributed by atoms with Crippen molar-refractivity contribution in [2.24, 2.45) is 5.10 Å². The van der Waals surface area contributed by atoms with Crippen molar-refractivity contribution in [3.63, 3.8) is 0 Å². The highest BCUT2D eigenvalue weighted by molar-refractivity contribution is 9.10. The Labute approximate surface area is 130 Å². The number of hydrogen-bond acceptors (Lipinski definition) is 4. The number of hydrazone groups is 1. The van der Waals surface area contributed by atoms with Gasteiger partial charge in [-0.25, -0.2) is 5.43 Å². The van der Waals surface area contributed by atoms with Gasteiger partial charge in [-0.1, -0.05) is 46.3 Å². The van der Waals surface area contributed by atoms with Crippen molar-refractivity contribution in [1.29, 1.82) is 0 Å². The van der Waals surface area contributed by atoms with Gasteiger partial charge in [0.25, 0.3) is 5.91 Å². The molecule has 0 spiro atoms. The van der Waals surface area contributed by atoms with Crippen LogP contribution in [0.3, 0.4) is 0 Å². The Kier molecular flexibility index (Phi) is 5.08. The maximum absolute atomic E-state index is 11.7. The Morgan fingerprint density at radius 3 is 2.67 bits per heavy atom. The number of nitrogens with one attached hydrogen (secondary N) is 1. The predicted octanol–water partition coefficient (Wildman–Crippen LogP) is 2.34. The summed E-state index contributed by atoms with van der Waals surface area (Å²) in [6.45, 7) is 0. The average Bonchev–Trinajstić information content (AvgIpc) is 2.50. The SMILES string of the molecule is O=C(NN=Cc1cc(Br)ccc1O)C(O)c1ccccc1. The van der Waals surface area contributed by atoms with Crippen LogP contribution < -0.4 is 5.43 Å². The molecule has 3 N–H and O–H groups in total. The van der Waals surface area contributed by atoms with Gasteiger partial charge < -0.3 is 10.2 Å². The molecule has 0 aliphatic carbocycles. The Balaban J connectivity index is 2.01. The second-order valence-electron chi connectivity index (χ2n) is 4.25. The number of phenols is 1. The molecule has 5 nitrogen and oxygen atoms in total. The van der Waals surface area contributed by atoms with E-state index in [1.54, 1.807) is 42.5 Å². The van der Waals surface area contributed by atoms with E-state index in [1.165, 1.54) is 12.3 Å². The molecule has 1 unspecified atom stereocenters. The standard InChI is InChI=1S/C15H13BrN2O3/c16-12-6-7-13(19)11(8-12)9-17-18-15(21)14(20)10-4-2-1-3-5-10/h1-9,14,19-20H,(H,18,21). The molecule has 0 aliphatic rings. The Hall–Kier alpha value is -2.18. The van der Waals surface area contributed by atoms with Crippen LogP contribution in [-0.2, 0) is 4.79 Å². The molecule has 0 saturated carbocycles. The van der Waals surface area contributed by atoms with E-state index in [0.29, 0.717) is 11.1 Å². The third-order valence-corrected chi connectivity index (χ3v) is 3.22. The fourth-order valence-electron chi connectivity index (χ4n) is 1.64. The van der Waals surface area contributed by atoms with Gasteiger partial charge in [0.05, 0.1) is 6.21 Å². The molecule has 2 rings (SSSR count). The third-order valence-electron chi connectivity index (χ3n) is 2.73. The first kappa shape index (κ1) is 15.2. The highest BCUT2D eigenvalue weighted by atomic mass is 79.9. The van der Waals surface area contributed by atoms with E-state index >= 15 is 0 Å². The van der Waals surface area contributed by atoms with Gasteiger partial charge in [0.15, 0.2) is 6.10 Å². The van der Waals surface area contributed by atoms with Gasteiger partial charge in [-0.05, 0) is 23.8 Å². The molecule has 2 aromatic carbocycles. The molecule has 6 heteroatoms. The molecular formula is C15H13BrN2O3. The van der Waals surface area contributed by atoms with Crippen molar-refractivity contribution in [2.45, 2.75) is 6.10 Å². The van der Waals surface area contributed by atoms with Crippen LogP contribution in [0.2, 0.25) is 0 Å². The second-order valence-corrected chi connectivity index (χ2v) is 5.17. The summed E-state index contributed by atoms with van der Waals surface area (Å²) in [5.74, 6) is -0.605. The van der Waals surface area contributed by atoms with Gasteiger partial charge in [-0.15, -0.1) is 0 Å². The van der Waals surface area contributed by atoms with Crippen molar-refractivity contribution >= 4 is 28.1 Å². The van der Waals surface area contributed by atoms with Crippen molar-refractivity contribution in [2.75, 3.05) is 0 Å². The van der Waals surface area contributed by atoms with E-state index in [-0.39, 0.29) is 5.75 Å². The minimum atomic E-state index is -1.29. The van der Waals surface area contributed by atoms with Gasteiger partial charge >= 0.3 is 0 Å². The number of halogens is 1. The smallest absolute Gasteiger partial charge is 0.273 e. The van der Waals surface area contributed by atoms with Gasteiger partial charge in [-0.3, -0.25) is 4.79 Å². The van der Waals surface area contributed by atoms with Crippen LogP contribution in [0.25, 0.3) is 0 Å². The van der Waals surface area contributed by atoms with Crippen LogP contribution in [0.4, 0.5) is 0 Å². The summed E-state index contributed by atoms with van der Waals surface area (Å²) in [7, 11) is 0. The molecule has 108 valence electrons. The second kappa shape index (κ2) is 7.01. The largest absolute Gasteiger partial charge is 0.507 e. The molecule has 0 saturated heterocycles. The van der Waals surface area contributed by atoms with E-state index in [9.17, 15) is 15.0 Å². The summed E-state index contributed by atoms with van der Waals surface area (Å²) in [6.07, 6.45) is 0.00913. The number of phenolic OH excluding ortho intramolecular Hbond substituents is 1. The molecule has 0 bridgehead atoms. The first-order valence-corrected chi connectivity index (χ1v) is 6.91. The number of carbonyl (C=O) groups excluding carboxylic acids is 1. The van der Waals surface area contributed by atoms with Gasteiger partial charge in [0.1, 0.15) is 5.75 Å². The zero-order valence-corrected chi connectivity index (χ0v) is 12.5. The predicted molar refractivity (Wildman–Crippen MR) is 82.9 cm³/mol. The van der Waals surface area contributed by atoms with Crippen molar-refractivity contribution in [3.8, 4) is 5.75 Å². The summed E-state index contributed by atoms with van der Waals surface area (Å²) < 4.78 is 0.775. The first-order valence-electron chi connectivity index (χ1n) is 6.12. The van der Waals surface area contributed by atoms with Gasteiger partial charge in [0.2, 0.25) is 0 Å². The number of aromatic hydroxyl groups is 1. The first-order chi connectivity index (χ1) is 10.1. The maximum atomic E-state index is 11.7. The highest BCUT2D eigenvalue weighted by Gasteiger charge is 2.15. The quantitative estimate of drug-likeness (QED) is 0.585. The Morgan fingerprint density at radius 2 is 1.95 bits per heavy atom. The summed E-state index contributed by atoms with van der Waals surface area (Å²) in [4.78, 5) is 11.7. The Morgan fingerprint density at radius 1 is 1.24 bits per heavy atom. The van der Waals surface area contributed by atoms with E-state index in [4.69, 9.17) is 0 Å². The number of carbonyl (C=O) groups is 1. The number of aliphatic hydroxyl groups excluding tert-OH is 1. The van der Waals surface area contributed by atoms with Gasteiger partial charge in [-0.2, -0.15) is 5.10 Å². The van der Waals surface area contributed by atoms with Crippen molar-refractivity contribution in [3.05, 3.63) is 64.1 Å². The third kappa shape index (κ3) is 4.14. The molecule has 1 amide bonds. The van der Waals surface area contributed by atoms with Crippen LogP contribution in [0.15, 0.2) is 58.1 Å². The maximum Gasteiger partial charge on any atom is 0.273 e. The molecule has 21 heavy (non-hydrogen) atoms. The van der Waals surface area contributed by atoms with Crippen molar-refractivity contribution in [1.82, 2.24) is 5.43 Å². The minimum absolute atomic E-state index is 0.0415. The lowest BCUT2D eigenvalue weighted by atomic mass is 10.1. The topological polar surface area (TPSA) is 81.9 Å². The number of rotatable bonds is 4. The summed E-state index contributed by atoms with van der Waals surface area (Å²) in [6, 6.07) is 13.4. The van der Waals surface area contributed by atoms with Crippen LogP contribution in [0.5, 0.6) is 5.75 Å². The average molecular weight is 349 g/mol. The summed E-state index contributed by atoms with van der Waals surface area (Å²) >= 11 is 3.27. The lowest BCUT2D eigenvalue weighted by Crippen LogP contribution is -2.25. The van der Waals surface area contributed by atoms with E-state index in [0.717, 1.165) is 4.47 Å². The van der Waals surface area contributed by atoms with Crippen LogP contribution >= 0.6 is 15.9 Å². The highest BCUT2D eigenvalue weighted by Crippen LogP contribution is 2.20. The number of aliphatic hydroxyl groups is 1. The van der Waals surface area contributed by atoms with E-state index < -0.39 is 12.0 Å². The van der Waals surface area contributed by atoms with E-state index in [1.807, 2.05) is 0 Å². The molecule has 0 fully saturated rings. The molecule has 0 heterocycles. The lowest BCUT2D eigenvalue weighted by molar-refractivity contribution is -0.129. The fraction of sp³-hybridized carbons (Fsp3) is 0.0667. The number of nitrogens with zero attached hydrogens (tertiary/aromatic N) is 1. The summed E-state index contributed by atoms with van der Waals surface area (Å²) in [5.41, 5.74) is 3.16. The van der Waals surface area contributed by atoms with E-state index in [2.05, 4.69) is 26.5 Å². The molecule has 0 aliphatic heterocycles. The summed E-state index contributed by atoms with van der Waals surface area (Å²) in [5, 5.41) is 23.2. The monoisotopic (exact) mass is 348 g/mol. The Bertz CT molecular complexity index is 659. The molecule has 1 atom stereocenters. The fourth-order valence-corrected chi connectivity index (χ4v) is 2.02. The number of benzene rings is 2. The van der Waals surface area contributed by atoms with Crippen LogP contribution in [0.1, 0.15) is 17.2 Å². The molecule has 0 aromatic heterocycles. The van der Waals surface area contributed by atoms with Crippen molar-refractivity contribution < 1.29 is 15.0 Å². The number of hydrogen-bond donors (Lipinski definition) is 3. The molecule has 0 radical (unpaired) electrons. The normalized spacial score (nSPS) is 12.3. The number of amides is 1. The van der Waals surface area contributed by atoms with Crippen LogP contribution in [0, 0.1) is 0 Å². The minimum Gasteiger partial charge on any atom is -0.507 e. The lowest BCUT2D eigenvalue weighted by Gasteiger charge is -2.08. The molecular weight excluding hydrogens is 336 g/mol. The van der Waals surface area contributed by atoms with Gasteiger partial charge in [0, 0.05) is 10.0 Å². The zero-order valence-electron chi connectivity index (χ0n) is 10.9. The molecule has 2 aromatic rings. The zero-order chi connectivity index (χ0) is 15.2. The van der Waals surface area contributed by atoms with Crippen LogP contribution in [-0.4, -0.2) is 22.3 Å².